The predicted octanol–water partition coefficient (Wildman–Crippen LogP) is 13.1. The van der Waals surface area contributed by atoms with Gasteiger partial charge in [0.15, 0.2) is 0 Å². The van der Waals surface area contributed by atoms with Gasteiger partial charge in [-0.15, -0.1) is 0 Å². The highest BCUT2D eigenvalue weighted by Crippen LogP contribution is 2.45. The number of ether oxygens (including phenoxy) is 8. The molecule has 0 unspecified atom stereocenters. The molecule has 0 aromatic heterocycles. The summed E-state index contributed by atoms with van der Waals surface area (Å²) in [5, 5.41) is 0. The van der Waals surface area contributed by atoms with Crippen LogP contribution in [-0.4, -0.2) is 101 Å². The predicted molar refractivity (Wildman–Crippen MR) is 362 cm³/mol. The Labute approximate surface area is 563 Å². The van der Waals surface area contributed by atoms with Gasteiger partial charge in [-0.05, 0) is 199 Å². The molecular formula is C81H68O16. The van der Waals surface area contributed by atoms with Gasteiger partial charge in [-0.3, -0.25) is 0 Å². The SMILES string of the molecule is CCOC(=O)c1cc(C#Cc2ccc(C(c3ccc(C#Cc4cc(C(=O)OCC)cc(C(=O)OCC)c4)cc3)(c3ccc(C#Cc4cc(C(=O)OCC)cc(C(=O)OCC)c4)cc3)c3ccc(C#Cc4cc(C(=O)OCC)cc(C(=O)OCC)c4)cc3)cc2)cc(C(=O)OCC)c1. The molecule has 488 valence electrons. The Morgan fingerprint density at radius 3 is 0.485 bits per heavy atom. The quantitative estimate of drug-likeness (QED) is 0.0300. The van der Waals surface area contributed by atoms with Gasteiger partial charge in [-0.25, -0.2) is 38.4 Å². The lowest BCUT2D eigenvalue weighted by molar-refractivity contribution is 0.0506. The van der Waals surface area contributed by atoms with Gasteiger partial charge in [0.05, 0.1) is 103 Å². The van der Waals surface area contributed by atoms with Crippen LogP contribution in [0.1, 0.15) is 205 Å². The van der Waals surface area contributed by atoms with E-state index < -0.39 is 53.2 Å². The van der Waals surface area contributed by atoms with E-state index in [9.17, 15) is 38.4 Å². The standard InChI is InChI=1S/C81H68O16/c1-9-90-73(82)61-41-57(42-62(49-61)74(83)91-10-2)21-17-53-25-33-69(34-26-53)81(70-35-27-54(28-36-70)18-22-58-43-63(75(84)92-11-3)50-64(44-58)76(85)93-12-4,71-37-29-55(30-38-71)19-23-59-45-65(77(86)94-13-5)51-66(46-59)78(87)95-14-6)72-39-31-56(32-40-72)20-24-60-47-67(79(88)96-15-7)52-68(48-60)80(89)97-16-8/h25-52H,9-16H2,1-8H3. The van der Waals surface area contributed by atoms with Crippen molar-refractivity contribution in [2.45, 2.75) is 60.8 Å². The monoisotopic (exact) mass is 1300 g/mol. The first-order valence-corrected chi connectivity index (χ1v) is 31.4. The van der Waals surface area contributed by atoms with Crippen molar-refractivity contribution >= 4 is 47.8 Å². The third kappa shape index (κ3) is 18.1. The Balaban J connectivity index is 1.33. The van der Waals surface area contributed by atoms with Crippen LogP contribution in [0.5, 0.6) is 0 Å². The molecule has 97 heavy (non-hydrogen) atoms. The van der Waals surface area contributed by atoms with Gasteiger partial charge < -0.3 is 37.9 Å². The maximum Gasteiger partial charge on any atom is 0.338 e. The van der Waals surface area contributed by atoms with Crippen LogP contribution < -0.4 is 0 Å². The number of benzene rings is 8. The average Bonchev–Trinajstić information content (AvgIpc) is 0.733. The lowest BCUT2D eigenvalue weighted by Gasteiger charge is -2.37. The summed E-state index contributed by atoms with van der Waals surface area (Å²) in [5.41, 5.74) is 6.67. The summed E-state index contributed by atoms with van der Waals surface area (Å²) in [6.07, 6.45) is 0. The second kappa shape index (κ2) is 34.1. The zero-order valence-corrected chi connectivity index (χ0v) is 54.9. The van der Waals surface area contributed by atoms with Gasteiger partial charge in [0, 0.05) is 44.5 Å². The minimum atomic E-state index is -1.19. The molecule has 0 aliphatic rings. The van der Waals surface area contributed by atoms with Crippen molar-refractivity contribution in [2.24, 2.45) is 0 Å². The molecule has 8 rings (SSSR count). The largest absolute Gasteiger partial charge is 0.462 e. The normalized spacial score (nSPS) is 10.4. The highest BCUT2D eigenvalue weighted by atomic mass is 16.6. The number of hydrogen-bond donors (Lipinski definition) is 0. The fourth-order valence-electron chi connectivity index (χ4n) is 10.2. The number of esters is 8. The van der Waals surface area contributed by atoms with Gasteiger partial charge in [0.1, 0.15) is 0 Å². The Morgan fingerprint density at radius 1 is 0.216 bits per heavy atom. The highest BCUT2D eigenvalue weighted by Gasteiger charge is 2.38. The van der Waals surface area contributed by atoms with Gasteiger partial charge >= 0.3 is 47.8 Å². The second-order valence-corrected chi connectivity index (χ2v) is 21.0. The smallest absolute Gasteiger partial charge is 0.338 e. The first kappa shape index (κ1) is 70.6. The van der Waals surface area contributed by atoms with Crippen LogP contribution in [-0.2, 0) is 43.3 Å². The fourth-order valence-corrected chi connectivity index (χ4v) is 10.2. The van der Waals surface area contributed by atoms with Crippen LogP contribution >= 0.6 is 0 Å². The van der Waals surface area contributed by atoms with Crippen molar-refractivity contribution in [1.82, 2.24) is 0 Å². The first-order chi connectivity index (χ1) is 47.0. The van der Waals surface area contributed by atoms with E-state index in [4.69, 9.17) is 37.9 Å². The Morgan fingerprint density at radius 2 is 0.351 bits per heavy atom. The molecule has 16 heteroatoms. The van der Waals surface area contributed by atoms with Crippen LogP contribution in [0.15, 0.2) is 170 Å². The molecule has 8 aromatic rings. The minimum Gasteiger partial charge on any atom is -0.462 e. The molecule has 0 fully saturated rings. The summed E-state index contributed by atoms with van der Waals surface area (Å²) >= 11 is 0. The van der Waals surface area contributed by atoms with Gasteiger partial charge in [0.25, 0.3) is 0 Å². The molecule has 8 aromatic carbocycles. The van der Waals surface area contributed by atoms with Gasteiger partial charge in [-0.2, -0.15) is 0 Å². The van der Waals surface area contributed by atoms with Crippen molar-refractivity contribution < 1.29 is 76.3 Å². The van der Waals surface area contributed by atoms with Crippen LogP contribution in [0, 0.1) is 47.4 Å². The fraction of sp³-hybridized carbons (Fsp3) is 0.210. The number of hydrogen-bond acceptors (Lipinski definition) is 16. The summed E-state index contributed by atoms with van der Waals surface area (Å²) in [4.78, 5) is 104. The Hall–Kier alpha value is -12.2. The molecular weight excluding hydrogens is 1230 g/mol. The van der Waals surface area contributed by atoms with Crippen molar-refractivity contribution in [3.63, 3.8) is 0 Å². The molecule has 0 aliphatic carbocycles. The molecule has 0 spiro atoms. The van der Waals surface area contributed by atoms with Crippen molar-refractivity contribution in [3.8, 4) is 47.4 Å². The van der Waals surface area contributed by atoms with E-state index in [-0.39, 0.29) is 97.4 Å². The maximum atomic E-state index is 13.0. The number of carbonyl (C=O) groups is 8. The lowest BCUT2D eigenvalue weighted by atomic mass is 9.65. The molecule has 0 aliphatic heterocycles. The molecule has 0 heterocycles. The molecule has 0 radical (unpaired) electrons. The Bertz CT molecular complexity index is 3820. The molecule has 0 saturated heterocycles. The summed E-state index contributed by atoms with van der Waals surface area (Å²) in [6, 6.07) is 48.5. The summed E-state index contributed by atoms with van der Waals surface area (Å²) in [6.45, 7) is 14.4. The lowest BCUT2D eigenvalue weighted by Crippen LogP contribution is -2.31. The highest BCUT2D eigenvalue weighted by molar-refractivity contribution is 5.99. The van der Waals surface area contributed by atoms with E-state index in [0.29, 0.717) is 44.5 Å². The minimum absolute atomic E-state index is 0.117. The third-order valence-corrected chi connectivity index (χ3v) is 14.5. The van der Waals surface area contributed by atoms with Crippen LogP contribution in [0.2, 0.25) is 0 Å². The summed E-state index contributed by atoms with van der Waals surface area (Å²) in [7, 11) is 0. The zero-order chi connectivity index (χ0) is 69.4. The molecule has 16 nitrogen and oxygen atoms in total. The van der Waals surface area contributed by atoms with Gasteiger partial charge in [-0.1, -0.05) is 95.9 Å². The molecule has 0 bridgehead atoms. The van der Waals surface area contributed by atoms with Crippen molar-refractivity contribution in [2.75, 3.05) is 52.9 Å². The van der Waals surface area contributed by atoms with Crippen LogP contribution in [0.25, 0.3) is 0 Å². The number of carbonyl (C=O) groups excluding carboxylic acids is 8. The zero-order valence-electron chi connectivity index (χ0n) is 54.9. The summed E-state index contributed by atoms with van der Waals surface area (Å²) < 4.78 is 42.2. The van der Waals surface area contributed by atoms with E-state index in [0.717, 1.165) is 22.3 Å². The van der Waals surface area contributed by atoms with Crippen molar-refractivity contribution in [1.29, 1.82) is 0 Å². The summed E-state index contributed by atoms with van der Waals surface area (Å²) in [5.74, 6) is 20.3. The van der Waals surface area contributed by atoms with E-state index in [1.165, 1.54) is 24.3 Å². The average molecular weight is 1300 g/mol. The van der Waals surface area contributed by atoms with E-state index >= 15 is 0 Å². The van der Waals surface area contributed by atoms with E-state index in [1.54, 1.807) is 104 Å². The van der Waals surface area contributed by atoms with Crippen LogP contribution in [0.3, 0.4) is 0 Å². The van der Waals surface area contributed by atoms with Gasteiger partial charge in [0.2, 0.25) is 0 Å². The Kier molecular flexibility index (Phi) is 24.8. The topological polar surface area (TPSA) is 210 Å². The second-order valence-electron chi connectivity index (χ2n) is 21.0. The molecule has 0 atom stereocenters. The molecule has 0 saturated carbocycles. The van der Waals surface area contributed by atoms with Crippen molar-refractivity contribution in [3.05, 3.63) is 281 Å². The van der Waals surface area contributed by atoms with E-state index in [1.807, 2.05) is 97.1 Å². The van der Waals surface area contributed by atoms with E-state index in [2.05, 4.69) is 47.4 Å². The molecule has 0 amide bonds. The molecule has 0 N–H and O–H groups in total. The third-order valence-electron chi connectivity index (χ3n) is 14.5. The first-order valence-electron chi connectivity index (χ1n) is 31.4. The maximum absolute atomic E-state index is 13.0. The number of rotatable bonds is 20. The van der Waals surface area contributed by atoms with Crippen LogP contribution in [0.4, 0.5) is 0 Å².